The van der Waals surface area contributed by atoms with E-state index in [-0.39, 0.29) is 0 Å². The Bertz CT molecular complexity index is 264. The smallest absolute Gasteiger partial charge is 0.191 e. The third-order valence-corrected chi connectivity index (χ3v) is 3.07. The molecule has 112 valence electrons. The van der Waals surface area contributed by atoms with E-state index in [9.17, 15) is 0 Å². The first-order chi connectivity index (χ1) is 9.17. The van der Waals surface area contributed by atoms with Crippen LogP contribution in [0.25, 0.3) is 0 Å². The molecule has 1 fully saturated rings. The lowest BCUT2D eigenvalue weighted by Crippen LogP contribution is -2.41. The molecule has 19 heavy (non-hydrogen) atoms. The first-order valence-electron chi connectivity index (χ1n) is 7.45. The molecule has 0 spiro atoms. The third kappa shape index (κ3) is 7.38. The first-order valence-corrected chi connectivity index (χ1v) is 7.45. The maximum atomic E-state index is 5.17. The van der Waals surface area contributed by atoms with E-state index in [2.05, 4.69) is 41.3 Å². The average molecular weight is 270 g/mol. The van der Waals surface area contributed by atoms with Gasteiger partial charge in [0.1, 0.15) is 0 Å². The molecule has 0 aromatic rings. The Morgan fingerprint density at radius 1 is 1.37 bits per heavy atom. The molecule has 5 heteroatoms. The van der Waals surface area contributed by atoms with Gasteiger partial charge in [-0.2, -0.15) is 0 Å². The van der Waals surface area contributed by atoms with Crippen molar-refractivity contribution in [2.75, 3.05) is 39.9 Å². The first kappa shape index (κ1) is 16.2. The summed E-state index contributed by atoms with van der Waals surface area (Å²) in [5.41, 5.74) is 0. The number of methoxy groups -OCH3 is 1. The Balaban J connectivity index is 2.33. The van der Waals surface area contributed by atoms with Gasteiger partial charge >= 0.3 is 0 Å². The highest BCUT2D eigenvalue weighted by Gasteiger charge is 2.27. The minimum atomic E-state index is 0.408. The Labute approximate surface area is 117 Å². The summed E-state index contributed by atoms with van der Waals surface area (Å²) in [7, 11) is 1.76. The molecule has 0 heterocycles. The van der Waals surface area contributed by atoms with Crippen molar-refractivity contribution in [3.63, 3.8) is 0 Å². The fourth-order valence-corrected chi connectivity index (χ4v) is 2.01. The van der Waals surface area contributed by atoms with Crippen LogP contribution in [0.3, 0.4) is 0 Å². The molecule has 1 rings (SSSR count). The predicted octanol–water partition coefficient (Wildman–Crippen LogP) is 1.06. The summed E-state index contributed by atoms with van der Waals surface area (Å²) in [5.74, 6) is 0.917. The molecule has 0 atom stereocenters. The lowest BCUT2D eigenvalue weighted by molar-refractivity contribution is 0.145. The number of nitrogens with zero attached hydrogens (tertiary/aromatic N) is 2. The Morgan fingerprint density at radius 3 is 2.63 bits per heavy atom. The topological polar surface area (TPSA) is 48.9 Å². The van der Waals surface area contributed by atoms with Crippen LogP contribution in [0.5, 0.6) is 0 Å². The number of hydrogen-bond donors (Lipinski definition) is 2. The third-order valence-electron chi connectivity index (χ3n) is 3.07. The maximum Gasteiger partial charge on any atom is 0.191 e. The summed E-state index contributed by atoms with van der Waals surface area (Å²) in [6.45, 7) is 10.9. The fraction of sp³-hybridized carbons (Fsp3) is 0.929. The molecular weight excluding hydrogens is 240 g/mol. The molecule has 0 aromatic carbocycles. The SMILES string of the molecule is CCNC(=NCCN(CCOC)C1CC1)NC(C)C. The number of aliphatic imine (C=N–C) groups is 1. The van der Waals surface area contributed by atoms with E-state index < -0.39 is 0 Å². The highest BCUT2D eigenvalue weighted by Crippen LogP contribution is 2.26. The molecule has 0 aliphatic heterocycles. The van der Waals surface area contributed by atoms with E-state index in [0.717, 1.165) is 44.8 Å². The van der Waals surface area contributed by atoms with Crippen LogP contribution in [-0.4, -0.2) is 62.8 Å². The van der Waals surface area contributed by atoms with Crippen LogP contribution in [0.2, 0.25) is 0 Å². The van der Waals surface area contributed by atoms with E-state index in [0.29, 0.717) is 6.04 Å². The van der Waals surface area contributed by atoms with Gasteiger partial charge in [0.15, 0.2) is 5.96 Å². The van der Waals surface area contributed by atoms with Crippen molar-refractivity contribution in [2.24, 2.45) is 4.99 Å². The number of nitrogens with one attached hydrogen (secondary N) is 2. The second-order valence-electron chi connectivity index (χ2n) is 5.32. The summed E-state index contributed by atoms with van der Waals surface area (Å²) in [4.78, 5) is 7.12. The molecule has 2 N–H and O–H groups in total. The number of rotatable bonds is 9. The summed E-state index contributed by atoms with van der Waals surface area (Å²) in [5, 5.41) is 6.61. The molecule has 0 unspecified atom stereocenters. The molecule has 0 aromatic heterocycles. The van der Waals surface area contributed by atoms with Gasteiger partial charge in [-0.3, -0.25) is 9.89 Å². The van der Waals surface area contributed by atoms with Crippen molar-refractivity contribution in [2.45, 2.75) is 45.7 Å². The molecular formula is C14H30N4O. The van der Waals surface area contributed by atoms with Gasteiger partial charge in [0, 0.05) is 38.8 Å². The van der Waals surface area contributed by atoms with Crippen molar-refractivity contribution in [3.05, 3.63) is 0 Å². The van der Waals surface area contributed by atoms with Crippen molar-refractivity contribution < 1.29 is 4.74 Å². The quantitative estimate of drug-likeness (QED) is 0.486. The zero-order chi connectivity index (χ0) is 14.1. The molecule has 1 aliphatic rings. The summed E-state index contributed by atoms with van der Waals surface area (Å²) >= 11 is 0. The standard InChI is InChI=1S/C14H30N4O/c1-5-15-14(17-12(2)3)16-8-9-18(10-11-19-4)13-6-7-13/h12-13H,5-11H2,1-4H3,(H2,15,16,17). The van der Waals surface area contributed by atoms with E-state index >= 15 is 0 Å². The second kappa shape index (κ2) is 9.15. The molecule has 1 saturated carbocycles. The van der Waals surface area contributed by atoms with Crippen molar-refractivity contribution >= 4 is 5.96 Å². The van der Waals surface area contributed by atoms with Crippen LogP contribution in [0.15, 0.2) is 4.99 Å². The van der Waals surface area contributed by atoms with Crippen molar-refractivity contribution in [3.8, 4) is 0 Å². The van der Waals surface area contributed by atoms with E-state index in [4.69, 9.17) is 4.74 Å². The summed E-state index contributed by atoms with van der Waals surface area (Å²) in [6, 6.07) is 1.18. The number of hydrogen-bond acceptors (Lipinski definition) is 3. The molecule has 0 amide bonds. The largest absolute Gasteiger partial charge is 0.383 e. The van der Waals surface area contributed by atoms with Gasteiger partial charge in [-0.25, -0.2) is 0 Å². The summed E-state index contributed by atoms with van der Waals surface area (Å²) < 4.78 is 5.17. The Hall–Kier alpha value is -0.810. The van der Waals surface area contributed by atoms with E-state index in [1.165, 1.54) is 12.8 Å². The van der Waals surface area contributed by atoms with Crippen LogP contribution < -0.4 is 10.6 Å². The lowest BCUT2D eigenvalue weighted by Gasteiger charge is -2.21. The Morgan fingerprint density at radius 2 is 2.11 bits per heavy atom. The zero-order valence-corrected chi connectivity index (χ0v) is 12.9. The van der Waals surface area contributed by atoms with Gasteiger partial charge in [-0.15, -0.1) is 0 Å². The van der Waals surface area contributed by atoms with Crippen LogP contribution >= 0.6 is 0 Å². The van der Waals surface area contributed by atoms with E-state index in [1.807, 2.05) is 0 Å². The van der Waals surface area contributed by atoms with Gasteiger partial charge < -0.3 is 15.4 Å². The highest BCUT2D eigenvalue weighted by atomic mass is 16.5. The maximum absolute atomic E-state index is 5.17. The fourth-order valence-electron chi connectivity index (χ4n) is 2.01. The van der Waals surface area contributed by atoms with Crippen LogP contribution in [0.1, 0.15) is 33.6 Å². The number of ether oxygens (including phenoxy) is 1. The van der Waals surface area contributed by atoms with Crippen molar-refractivity contribution in [1.29, 1.82) is 0 Å². The van der Waals surface area contributed by atoms with E-state index in [1.54, 1.807) is 7.11 Å². The van der Waals surface area contributed by atoms with Gasteiger partial charge in [0.05, 0.1) is 13.2 Å². The van der Waals surface area contributed by atoms with Crippen LogP contribution in [-0.2, 0) is 4.74 Å². The van der Waals surface area contributed by atoms with Crippen molar-refractivity contribution in [1.82, 2.24) is 15.5 Å². The van der Waals surface area contributed by atoms with Crippen LogP contribution in [0.4, 0.5) is 0 Å². The average Bonchev–Trinajstić information content (AvgIpc) is 3.17. The lowest BCUT2D eigenvalue weighted by atomic mass is 10.4. The van der Waals surface area contributed by atoms with Gasteiger partial charge in [0.25, 0.3) is 0 Å². The minimum absolute atomic E-state index is 0.408. The molecule has 1 aliphatic carbocycles. The van der Waals surface area contributed by atoms with Gasteiger partial charge in [-0.1, -0.05) is 0 Å². The summed E-state index contributed by atoms with van der Waals surface area (Å²) in [6.07, 6.45) is 2.66. The molecule has 0 bridgehead atoms. The zero-order valence-electron chi connectivity index (χ0n) is 12.9. The van der Waals surface area contributed by atoms with Crippen LogP contribution in [0, 0.1) is 0 Å². The Kier molecular flexibility index (Phi) is 7.82. The second-order valence-corrected chi connectivity index (χ2v) is 5.32. The van der Waals surface area contributed by atoms with Gasteiger partial charge in [0.2, 0.25) is 0 Å². The van der Waals surface area contributed by atoms with Gasteiger partial charge in [-0.05, 0) is 33.6 Å². The molecule has 0 radical (unpaired) electrons. The predicted molar refractivity (Wildman–Crippen MR) is 80.7 cm³/mol. The highest BCUT2D eigenvalue weighted by molar-refractivity contribution is 5.79. The minimum Gasteiger partial charge on any atom is -0.383 e. The molecule has 0 saturated heterocycles. The number of guanidine groups is 1. The molecule has 5 nitrogen and oxygen atoms in total. The monoisotopic (exact) mass is 270 g/mol. The normalized spacial score (nSPS) is 16.2.